The summed E-state index contributed by atoms with van der Waals surface area (Å²) in [6.07, 6.45) is 0.491. The maximum absolute atomic E-state index is 11.1. The van der Waals surface area contributed by atoms with E-state index in [4.69, 9.17) is 10.4 Å². The van der Waals surface area contributed by atoms with Gasteiger partial charge in [0.1, 0.15) is 12.1 Å². The van der Waals surface area contributed by atoms with Gasteiger partial charge in [-0.2, -0.15) is 5.26 Å². The van der Waals surface area contributed by atoms with E-state index < -0.39 is 12.0 Å². The lowest BCUT2D eigenvalue weighted by molar-refractivity contribution is -0.138. The highest BCUT2D eigenvalue weighted by molar-refractivity contribution is 5.79. The van der Waals surface area contributed by atoms with E-state index >= 15 is 0 Å². The van der Waals surface area contributed by atoms with E-state index in [1.54, 1.807) is 18.0 Å². The summed E-state index contributed by atoms with van der Waals surface area (Å²) in [4.78, 5) is 12.8. The standard InChI is InChI=1S/C13H16N2O2/c1-4-11(13(16)17)15(3)12-7-9(2)5-6-10(12)8-14/h5-7,11H,4H2,1-3H3,(H,16,17). The van der Waals surface area contributed by atoms with Crippen LogP contribution in [-0.2, 0) is 4.79 Å². The Morgan fingerprint density at radius 2 is 2.24 bits per heavy atom. The van der Waals surface area contributed by atoms with Crippen molar-refractivity contribution in [1.82, 2.24) is 0 Å². The van der Waals surface area contributed by atoms with E-state index in [1.165, 1.54) is 0 Å². The summed E-state index contributed by atoms with van der Waals surface area (Å²) in [7, 11) is 1.71. The fraction of sp³-hybridized carbons (Fsp3) is 0.385. The number of hydrogen-bond acceptors (Lipinski definition) is 3. The molecule has 0 radical (unpaired) electrons. The zero-order valence-electron chi connectivity index (χ0n) is 10.3. The van der Waals surface area contributed by atoms with Gasteiger partial charge in [0.25, 0.3) is 0 Å². The molecule has 1 aromatic rings. The van der Waals surface area contributed by atoms with Crippen molar-refractivity contribution >= 4 is 11.7 Å². The Morgan fingerprint density at radius 3 is 2.71 bits per heavy atom. The van der Waals surface area contributed by atoms with Gasteiger partial charge in [-0.25, -0.2) is 4.79 Å². The van der Waals surface area contributed by atoms with Crippen LogP contribution in [0.3, 0.4) is 0 Å². The summed E-state index contributed by atoms with van der Waals surface area (Å²) in [6, 6.07) is 6.88. The van der Waals surface area contributed by atoms with Gasteiger partial charge >= 0.3 is 5.97 Å². The monoisotopic (exact) mass is 232 g/mol. The first-order valence-corrected chi connectivity index (χ1v) is 5.47. The smallest absolute Gasteiger partial charge is 0.326 e. The van der Waals surface area contributed by atoms with Crippen LogP contribution in [0.5, 0.6) is 0 Å². The van der Waals surface area contributed by atoms with Crippen LogP contribution in [0.25, 0.3) is 0 Å². The van der Waals surface area contributed by atoms with Crippen molar-refractivity contribution in [3.63, 3.8) is 0 Å². The average Bonchev–Trinajstić information content (AvgIpc) is 2.29. The maximum Gasteiger partial charge on any atom is 0.326 e. The fourth-order valence-electron chi connectivity index (χ4n) is 1.81. The van der Waals surface area contributed by atoms with Gasteiger partial charge in [-0.05, 0) is 31.0 Å². The molecule has 0 fully saturated rings. The molecule has 17 heavy (non-hydrogen) atoms. The second-order valence-corrected chi connectivity index (χ2v) is 4.01. The summed E-state index contributed by atoms with van der Waals surface area (Å²) in [5, 5.41) is 18.1. The van der Waals surface area contributed by atoms with Gasteiger partial charge in [0.2, 0.25) is 0 Å². The Labute approximate surface area is 101 Å². The first kappa shape index (κ1) is 13.0. The van der Waals surface area contributed by atoms with Crippen LogP contribution in [0.4, 0.5) is 5.69 Å². The van der Waals surface area contributed by atoms with Gasteiger partial charge in [0.05, 0.1) is 11.3 Å². The molecule has 1 atom stereocenters. The Balaban J connectivity index is 3.19. The molecule has 90 valence electrons. The van der Waals surface area contributed by atoms with Crippen LogP contribution in [0.2, 0.25) is 0 Å². The Morgan fingerprint density at radius 1 is 1.59 bits per heavy atom. The number of hydrogen-bond donors (Lipinski definition) is 1. The third-order valence-electron chi connectivity index (χ3n) is 2.79. The van der Waals surface area contributed by atoms with Gasteiger partial charge in [-0.15, -0.1) is 0 Å². The molecule has 4 heteroatoms. The van der Waals surface area contributed by atoms with E-state index in [2.05, 4.69) is 6.07 Å². The number of benzene rings is 1. The molecule has 1 unspecified atom stereocenters. The summed E-state index contributed by atoms with van der Waals surface area (Å²) in [5.74, 6) is -0.875. The number of nitrogens with zero attached hydrogens (tertiary/aromatic N) is 2. The fourth-order valence-corrected chi connectivity index (χ4v) is 1.81. The highest BCUT2D eigenvalue weighted by Gasteiger charge is 2.22. The summed E-state index contributed by atoms with van der Waals surface area (Å²) < 4.78 is 0. The number of aryl methyl sites for hydroxylation is 1. The van der Waals surface area contributed by atoms with E-state index in [9.17, 15) is 4.79 Å². The minimum Gasteiger partial charge on any atom is -0.480 e. The first-order chi connectivity index (χ1) is 8.01. The number of aliphatic carboxylic acids is 1. The third kappa shape index (κ3) is 2.76. The molecule has 0 aliphatic rings. The van der Waals surface area contributed by atoms with Crippen molar-refractivity contribution < 1.29 is 9.90 Å². The molecule has 0 aliphatic carbocycles. The van der Waals surface area contributed by atoms with E-state index in [0.717, 1.165) is 5.56 Å². The highest BCUT2D eigenvalue weighted by Crippen LogP contribution is 2.23. The molecule has 0 spiro atoms. The predicted molar refractivity (Wildman–Crippen MR) is 66.0 cm³/mol. The van der Waals surface area contributed by atoms with Gasteiger partial charge in [-0.3, -0.25) is 0 Å². The number of anilines is 1. The van der Waals surface area contributed by atoms with Gasteiger partial charge in [0.15, 0.2) is 0 Å². The normalized spacial score (nSPS) is 11.6. The highest BCUT2D eigenvalue weighted by atomic mass is 16.4. The molecule has 0 saturated heterocycles. The number of carboxylic acid groups (broad SMARTS) is 1. The molecule has 0 saturated carbocycles. The summed E-state index contributed by atoms with van der Waals surface area (Å²) in [5.41, 5.74) is 2.17. The van der Waals surface area contributed by atoms with Crippen LogP contribution in [-0.4, -0.2) is 24.2 Å². The maximum atomic E-state index is 11.1. The zero-order valence-corrected chi connectivity index (χ0v) is 10.3. The molecular weight excluding hydrogens is 216 g/mol. The predicted octanol–water partition coefficient (Wildman–Crippen LogP) is 2.17. The molecule has 0 amide bonds. The van der Waals surface area contributed by atoms with E-state index in [1.807, 2.05) is 26.0 Å². The van der Waals surface area contributed by atoms with Crippen LogP contribution in [0.15, 0.2) is 18.2 Å². The number of carbonyl (C=O) groups is 1. The average molecular weight is 232 g/mol. The molecule has 0 aromatic heterocycles. The molecule has 1 N–H and O–H groups in total. The minimum absolute atomic E-state index is 0.491. The Hall–Kier alpha value is -2.02. The molecule has 0 aliphatic heterocycles. The van der Waals surface area contributed by atoms with E-state index in [0.29, 0.717) is 17.7 Å². The van der Waals surface area contributed by atoms with Crippen LogP contribution >= 0.6 is 0 Å². The number of rotatable bonds is 4. The molecule has 1 aromatic carbocycles. The topological polar surface area (TPSA) is 64.3 Å². The van der Waals surface area contributed by atoms with Gasteiger partial charge < -0.3 is 10.0 Å². The van der Waals surface area contributed by atoms with Crippen molar-refractivity contribution in [2.45, 2.75) is 26.3 Å². The zero-order chi connectivity index (χ0) is 13.0. The summed E-state index contributed by atoms with van der Waals surface area (Å²) >= 11 is 0. The van der Waals surface area contributed by atoms with Crippen LogP contribution < -0.4 is 4.90 Å². The lowest BCUT2D eigenvalue weighted by atomic mass is 10.1. The quantitative estimate of drug-likeness (QED) is 0.864. The SMILES string of the molecule is CCC(C(=O)O)N(C)c1cc(C)ccc1C#N. The van der Waals surface area contributed by atoms with Crippen molar-refractivity contribution in [3.8, 4) is 6.07 Å². The van der Waals surface area contributed by atoms with Crippen LogP contribution in [0, 0.1) is 18.3 Å². The number of likely N-dealkylation sites (N-methyl/N-ethyl adjacent to an activating group) is 1. The number of nitriles is 1. The molecule has 0 heterocycles. The summed E-state index contributed by atoms with van der Waals surface area (Å²) in [6.45, 7) is 3.73. The van der Waals surface area contributed by atoms with Crippen molar-refractivity contribution in [3.05, 3.63) is 29.3 Å². The van der Waals surface area contributed by atoms with Crippen LogP contribution in [0.1, 0.15) is 24.5 Å². The van der Waals surface area contributed by atoms with E-state index in [-0.39, 0.29) is 0 Å². The van der Waals surface area contributed by atoms with Crippen molar-refractivity contribution in [2.24, 2.45) is 0 Å². The molecule has 1 rings (SSSR count). The molecule has 0 bridgehead atoms. The Bertz CT molecular complexity index is 463. The van der Waals surface area contributed by atoms with Crippen molar-refractivity contribution in [1.29, 1.82) is 5.26 Å². The Kier molecular flexibility index (Phi) is 4.11. The lowest BCUT2D eigenvalue weighted by Crippen LogP contribution is -2.38. The minimum atomic E-state index is -0.875. The lowest BCUT2D eigenvalue weighted by Gasteiger charge is -2.26. The van der Waals surface area contributed by atoms with Crippen molar-refractivity contribution in [2.75, 3.05) is 11.9 Å². The first-order valence-electron chi connectivity index (χ1n) is 5.47. The van der Waals surface area contributed by atoms with Gasteiger partial charge in [0, 0.05) is 7.05 Å². The molecular formula is C13H16N2O2. The molecule has 4 nitrogen and oxygen atoms in total. The largest absolute Gasteiger partial charge is 0.480 e. The number of carboxylic acids is 1. The third-order valence-corrected chi connectivity index (χ3v) is 2.79. The van der Waals surface area contributed by atoms with Gasteiger partial charge in [-0.1, -0.05) is 13.0 Å². The second-order valence-electron chi connectivity index (χ2n) is 4.01. The second kappa shape index (κ2) is 5.35.